The highest BCUT2D eigenvalue weighted by Gasteiger charge is 2.29. The van der Waals surface area contributed by atoms with E-state index in [1.165, 1.54) is 10.4 Å². The molecule has 0 bridgehead atoms. The summed E-state index contributed by atoms with van der Waals surface area (Å²) in [6.45, 7) is 0.848. The molecule has 1 aromatic heterocycles. The average Bonchev–Trinajstić information content (AvgIpc) is 3.24. The van der Waals surface area contributed by atoms with Crippen molar-refractivity contribution in [3.05, 3.63) is 51.2 Å². The smallest absolute Gasteiger partial charge is 0.233 e. The van der Waals surface area contributed by atoms with E-state index in [-0.39, 0.29) is 11.9 Å². The van der Waals surface area contributed by atoms with Crippen LogP contribution >= 0.6 is 34.7 Å². The Hall–Kier alpha value is -1.17. The minimum Gasteiger partial charge on any atom is -0.497 e. The summed E-state index contributed by atoms with van der Waals surface area (Å²) in [7, 11) is 1.67. The summed E-state index contributed by atoms with van der Waals surface area (Å²) in [5, 5.41) is 0. The van der Waals surface area contributed by atoms with E-state index < -0.39 is 0 Å². The maximum Gasteiger partial charge on any atom is 0.233 e. The van der Waals surface area contributed by atoms with Gasteiger partial charge in [-0.3, -0.25) is 4.79 Å². The third-order valence-corrected chi connectivity index (χ3v) is 6.55. The number of hydrogen-bond acceptors (Lipinski definition) is 4. The van der Waals surface area contributed by atoms with E-state index in [0.29, 0.717) is 5.75 Å². The summed E-state index contributed by atoms with van der Waals surface area (Å²) in [5.41, 5.74) is 1.19. The van der Waals surface area contributed by atoms with Crippen LogP contribution in [0.15, 0.2) is 36.4 Å². The van der Waals surface area contributed by atoms with E-state index in [9.17, 15) is 4.79 Å². The molecule has 6 heteroatoms. The number of thiophene rings is 1. The maximum atomic E-state index is 12.6. The summed E-state index contributed by atoms with van der Waals surface area (Å²) >= 11 is 9.18. The van der Waals surface area contributed by atoms with E-state index in [1.54, 1.807) is 30.2 Å². The molecule has 128 valence electrons. The van der Waals surface area contributed by atoms with Gasteiger partial charge in [0.1, 0.15) is 5.75 Å². The fourth-order valence-electron chi connectivity index (χ4n) is 2.99. The van der Waals surface area contributed by atoms with Gasteiger partial charge in [0.2, 0.25) is 5.91 Å². The number of carbonyl (C=O) groups excluding carboxylic acids is 1. The Kier molecular flexibility index (Phi) is 6.09. The van der Waals surface area contributed by atoms with Gasteiger partial charge < -0.3 is 9.64 Å². The van der Waals surface area contributed by atoms with Crippen LogP contribution in [-0.4, -0.2) is 30.2 Å². The number of nitrogens with zero attached hydrogens (tertiary/aromatic N) is 1. The number of methoxy groups -OCH3 is 1. The predicted octanol–water partition coefficient (Wildman–Crippen LogP) is 5.01. The first kappa shape index (κ1) is 17.6. The summed E-state index contributed by atoms with van der Waals surface area (Å²) in [6.07, 6.45) is 2.09. The van der Waals surface area contributed by atoms with E-state index in [2.05, 4.69) is 12.1 Å². The Bertz CT molecular complexity index is 687. The normalized spacial score (nSPS) is 17.2. The van der Waals surface area contributed by atoms with E-state index >= 15 is 0 Å². The molecule has 0 aliphatic carbocycles. The van der Waals surface area contributed by atoms with Crippen molar-refractivity contribution >= 4 is 40.6 Å². The van der Waals surface area contributed by atoms with Crippen molar-refractivity contribution in [2.75, 3.05) is 19.4 Å². The zero-order valence-corrected chi connectivity index (χ0v) is 15.9. The molecular weight excluding hydrogens is 362 g/mol. The molecule has 0 N–H and O–H groups in total. The molecule has 1 aromatic carbocycles. The van der Waals surface area contributed by atoms with Crippen molar-refractivity contribution in [1.82, 2.24) is 4.90 Å². The van der Waals surface area contributed by atoms with Gasteiger partial charge in [-0.15, -0.1) is 23.1 Å². The number of ether oxygens (including phenoxy) is 1. The molecule has 0 spiro atoms. The molecule has 1 aliphatic rings. The fourth-order valence-corrected chi connectivity index (χ4v) is 5.10. The molecule has 3 nitrogen and oxygen atoms in total. The van der Waals surface area contributed by atoms with Crippen LogP contribution in [0.5, 0.6) is 5.75 Å². The largest absolute Gasteiger partial charge is 0.497 e. The molecule has 2 aromatic rings. The monoisotopic (exact) mass is 381 g/mol. The van der Waals surface area contributed by atoms with Crippen molar-refractivity contribution < 1.29 is 9.53 Å². The highest BCUT2D eigenvalue weighted by molar-refractivity contribution is 7.99. The third kappa shape index (κ3) is 4.26. The predicted molar refractivity (Wildman–Crippen MR) is 102 cm³/mol. The maximum absolute atomic E-state index is 12.6. The fraction of sp³-hybridized carbons (Fsp3) is 0.389. The lowest BCUT2D eigenvalue weighted by Gasteiger charge is -2.25. The first-order valence-corrected chi connectivity index (χ1v) is 10.3. The molecule has 1 fully saturated rings. The minimum atomic E-state index is 0.195. The van der Waals surface area contributed by atoms with Crippen LogP contribution in [0.25, 0.3) is 0 Å². The number of thioether (sulfide) groups is 1. The molecule has 0 radical (unpaired) electrons. The topological polar surface area (TPSA) is 29.5 Å². The molecule has 2 heterocycles. The standard InChI is InChI=1S/C18H20ClNO2S2/c1-22-14-6-4-13(5-7-14)16-3-2-10-20(16)18(21)12-23-11-15-8-9-17(19)24-15/h4-9,16H,2-3,10-12H2,1H3/t16-/m1/s1. The van der Waals surface area contributed by atoms with Gasteiger partial charge in [0.25, 0.3) is 0 Å². The van der Waals surface area contributed by atoms with Gasteiger partial charge in [0.05, 0.1) is 23.2 Å². The minimum absolute atomic E-state index is 0.195. The Balaban J connectivity index is 1.56. The van der Waals surface area contributed by atoms with Gasteiger partial charge in [0, 0.05) is 17.2 Å². The third-order valence-electron chi connectivity index (χ3n) is 4.17. The van der Waals surface area contributed by atoms with Gasteiger partial charge in [-0.05, 0) is 42.7 Å². The van der Waals surface area contributed by atoms with Crippen molar-refractivity contribution in [2.45, 2.75) is 24.6 Å². The van der Waals surface area contributed by atoms with E-state index in [4.69, 9.17) is 16.3 Å². The van der Waals surface area contributed by atoms with Crippen LogP contribution < -0.4 is 4.74 Å². The first-order valence-electron chi connectivity index (χ1n) is 7.93. The molecule has 1 amide bonds. The lowest BCUT2D eigenvalue weighted by atomic mass is 10.0. The highest BCUT2D eigenvalue weighted by atomic mass is 35.5. The summed E-state index contributed by atoms with van der Waals surface area (Å²) in [6, 6.07) is 12.2. The molecular formula is C18H20ClNO2S2. The zero-order chi connectivity index (χ0) is 16.9. The Morgan fingerprint density at radius 1 is 1.33 bits per heavy atom. The average molecular weight is 382 g/mol. The molecule has 24 heavy (non-hydrogen) atoms. The lowest BCUT2D eigenvalue weighted by molar-refractivity contribution is -0.129. The number of amides is 1. The number of benzene rings is 1. The van der Waals surface area contributed by atoms with Crippen LogP contribution in [-0.2, 0) is 10.5 Å². The molecule has 1 aliphatic heterocycles. The van der Waals surface area contributed by atoms with Gasteiger partial charge in [0.15, 0.2) is 0 Å². The van der Waals surface area contributed by atoms with Gasteiger partial charge in [-0.25, -0.2) is 0 Å². The van der Waals surface area contributed by atoms with Crippen molar-refractivity contribution in [3.8, 4) is 5.75 Å². The number of halogens is 1. The summed E-state index contributed by atoms with van der Waals surface area (Å²) in [4.78, 5) is 15.8. The molecule has 1 atom stereocenters. The number of carbonyl (C=O) groups is 1. The van der Waals surface area contributed by atoms with E-state index in [0.717, 1.165) is 35.2 Å². The molecule has 3 rings (SSSR count). The van der Waals surface area contributed by atoms with Gasteiger partial charge in [-0.1, -0.05) is 23.7 Å². The second kappa shape index (κ2) is 8.28. The van der Waals surface area contributed by atoms with Crippen LogP contribution in [0.3, 0.4) is 0 Å². The van der Waals surface area contributed by atoms with Crippen LogP contribution in [0.1, 0.15) is 29.3 Å². The van der Waals surface area contributed by atoms with Crippen molar-refractivity contribution in [2.24, 2.45) is 0 Å². The SMILES string of the molecule is COc1ccc([C@H]2CCCN2C(=O)CSCc2ccc(Cl)s2)cc1. The summed E-state index contributed by atoms with van der Waals surface area (Å²) in [5.74, 6) is 2.42. The number of rotatable bonds is 6. The molecule has 0 saturated carbocycles. The first-order chi connectivity index (χ1) is 11.7. The number of hydrogen-bond donors (Lipinski definition) is 0. The Morgan fingerprint density at radius 2 is 2.12 bits per heavy atom. The Labute approximate surface area is 156 Å². The second-order valence-corrected chi connectivity index (χ2v) is 8.50. The Morgan fingerprint density at radius 3 is 2.79 bits per heavy atom. The van der Waals surface area contributed by atoms with Crippen LogP contribution in [0, 0.1) is 0 Å². The summed E-state index contributed by atoms with van der Waals surface area (Å²) < 4.78 is 6.01. The van der Waals surface area contributed by atoms with Crippen LogP contribution in [0.2, 0.25) is 4.34 Å². The van der Waals surface area contributed by atoms with Gasteiger partial charge >= 0.3 is 0 Å². The quantitative estimate of drug-likeness (QED) is 0.704. The zero-order valence-electron chi connectivity index (χ0n) is 13.5. The lowest BCUT2D eigenvalue weighted by Crippen LogP contribution is -2.32. The number of likely N-dealkylation sites (tertiary alicyclic amines) is 1. The second-order valence-electron chi connectivity index (χ2n) is 5.72. The van der Waals surface area contributed by atoms with Crippen molar-refractivity contribution in [3.63, 3.8) is 0 Å². The van der Waals surface area contributed by atoms with Gasteiger partial charge in [-0.2, -0.15) is 0 Å². The molecule has 0 unspecified atom stereocenters. The van der Waals surface area contributed by atoms with E-state index in [1.807, 2.05) is 29.2 Å². The van der Waals surface area contributed by atoms with Crippen LogP contribution in [0.4, 0.5) is 0 Å². The molecule has 1 saturated heterocycles. The van der Waals surface area contributed by atoms with Crippen molar-refractivity contribution in [1.29, 1.82) is 0 Å². The highest BCUT2D eigenvalue weighted by Crippen LogP contribution is 2.33.